The predicted molar refractivity (Wildman–Crippen MR) is 84.0 cm³/mol. The third kappa shape index (κ3) is 3.64. The Balaban J connectivity index is 2.15. The second-order valence-electron chi connectivity index (χ2n) is 4.60. The number of carbonyl (C=O) groups excluding carboxylic acids is 2. The van der Waals surface area contributed by atoms with Gasteiger partial charge < -0.3 is 5.32 Å². The number of imide groups is 1. The summed E-state index contributed by atoms with van der Waals surface area (Å²) < 4.78 is 1.82. The fraction of sp³-hybridized carbons (Fsp3) is 0.286. The van der Waals surface area contributed by atoms with E-state index in [1.165, 1.54) is 18.8 Å². The van der Waals surface area contributed by atoms with Gasteiger partial charge in [0.2, 0.25) is 5.91 Å². The second-order valence-corrected chi connectivity index (χ2v) is 5.91. The molecule has 0 radical (unpaired) electrons. The highest BCUT2D eigenvalue weighted by Gasteiger charge is 2.20. The normalized spacial score (nSPS) is 11.8. The Labute approximate surface area is 132 Å². The molecule has 0 aliphatic carbocycles. The fourth-order valence-corrected chi connectivity index (χ4v) is 2.63. The van der Waals surface area contributed by atoms with Crippen LogP contribution in [-0.4, -0.2) is 39.0 Å². The number of carbonyl (C=O) groups is 2. The molecule has 0 saturated heterocycles. The maximum Gasteiger partial charge on any atom is 0.321 e. The first-order valence-electron chi connectivity index (χ1n) is 6.68. The first-order chi connectivity index (χ1) is 10.5. The number of aromatic nitrogens is 3. The van der Waals surface area contributed by atoms with E-state index in [0.29, 0.717) is 5.16 Å². The summed E-state index contributed by atoms with van der Waals surface area (Å²) in [5, 5.41) is 12.7. The van der Waals surface area contributed by atoms with Crippen LogP contribution in [0.4, 0.5) is 4.79 Å². The molecule has 1 aromatic heterocycles. The lowest BCUT2D eigenvalue weighted by Crippen LogP contribution is -2.41. The molecule has 0 unspecified atom stereocenters. The van der Waals surface area contributed by atoms with Crippen molar-refractivity contribution in [3.8, 4) is 5.69 Å². The Kier molecular flexibility index (Phi) is 5.16. The lowest BCUT2D eigenvalue weighted by atomic mass is 10.2. The Morgan fingerprint density at radius 2 is 2.05 bits per heavy atom. The molecule has 2 aromatic rings. The van der Waals surface area contributed by atoms with Crippen molar-refractivity contribution < 1.29 is 9.59 Å². The van der Waals surface area contributed by atoms with Crippen molar-refractivity contribution in [1.82, 2.24) is 25.4 Å². The van der Waals surface area contributed by atoms with Gasteiger partial charge >= 0.3 is 6.03 Å². The molecular formula is C14H17N5O2S. The molecule has 8 heteroatoms. The largest absolute Gasteiger partial charge is 0.341 e. The smallest absolute Gasteiger partial charge is 0.321 e. The molecule has 116 valence electrons. The van der Waals surface area contributed by atoms with Crippen molar-refractivity contribution in [3.63, 3.8) is 0 Å². The van der Waals surface area contributed by atoms with Gasteiger partial charge in [0.05, 0.1) is 10.9 Å². The molecule has 2 rings (SSSR count). The van der Waals surface area contributed by atoms with Crippen LogP contribution in [0.2, 0.25) is 0 Å². The number of aryl methyl sites for hydroxylation is 1. The minimum Gasteiger partial charge on any atom is -0.341 e. The van der Waals surface area contributed by atoms with Gasteiger partial charge in [0.15, 0.2) is 5.16 Å². The lowest BCUT2D eigenvalue weighted by molar-refractivity contribution is -0.119. The Morgan fingerprint density at radius 1 is 1.32 bits per heavy atom. The van der Waals surface area contributed by atoms with Crippen LogP contribution < -0.4 is 10.6 Å². The van der Waals surface area contributed by atoms with E-state index in [0.717, 1.165) is 11.3 Å². The number of para-hydroxylation sites is 1. The molecule has 0 aliphatic heterocycles. The zero-order valence-corrected chi connectivity index (χ0v) is 13.3. The predicted octanol–water partition coefficient (Wildman–Crippen LogP) is 1.51. The molecule has 1 atom stereocenters. The van der Waals surface area contributed by atoms with Crippen LogP contribution in [0, 0.1) is 6.92 Å². The van der Waals surface area contributed by atoms with Crippen LogP contribution in [0.5, 0.6) is 0 Å². The second kappa shape index (κ2) is 7.08. The van der Waals surface area contributed by atoms with Crippen LogP contribution >= 0.6 is 11.8 Å². The first-order valence-corrected chi connectivity index (χ1v) is 7.56. The number of hydrogen-bond donors (Lipinski definition) is 2. The molecule has 7 nitrogen and oxygen atoms in total. The van der Waals surface area contributed by atoms with E-state index >= 15 is 0 Å². The zero-order chi connectivity index (χ0) is 16.1. The summed E-state index contributed by atoms with van der Waals surface area (Å²) >= 11 is 1.24. The summed E-state index contributed by atoms with van der Waals surface area (Å²) in [6.45, 7) is 3.70. The standard InChI is InChI=1S/C14H17N5O2S/c1-9-6-4-5-7-11(9)19-8-16-18-14(19)22-10(2)12(20)17-13(21)15-3/h4-8,10H,1-3H3,(H2,15,17,20,21)/t10-/m0/s1. The number of nitrogens with zero attached hydrogens (tertiary/aromatic N) is 3. The minimum absolute atomic E-state index is 0.385. The topological polar surface area (TPSA) is 88.9 Å². The van der Waals surface area contributed by atoms with Crippen LogP contribution in [-0.2, 0) is 4.79 Å². The van der Waals surface area contributed by atoms with E-state index in [1.54, 1.807) is 13.3 Å². The average molecular weight is 319 g/mol. The molecule has 1 heterocycles. The molecule has 22 heavy (non-hydrogen) atoms. The highest BCUT2D eigenvalue weighted by molar-refractivity contribution is 8.00. The Morgan fingerprint density at radius 3 is 2.73 bits per heavy atom. The third-order valence-electron chi connectivity index (χ3n) is 3.01. The Bertz CT molecular complexity index is 685. The monoisotopic (exact) mass is 319 g/mol. The number of benzene rings is 1. The van der Waals surface area contributed by atoms with Gasteiger partial charge in [-0.2, -0.15) is 0 Å². The van der Waals surface area contributed by atoms with Gasteiger partial charge in [-0.15, -0.1) is 10.2 Å². The quantitative estimate of drug-likeness (QED) is 0.834. The summed E-state index contributed by atoms with van der Waals surface area (Å²) in [4.78, 5) is 23.1. The number of urea groups is 1. The molecular weight excluding hydrogens is 302 g/mol. The summed E-state index contributed by atoms with van der Waals surface area (Å²) in [6.07, 6.45) is 1.61. The maximum absolute atomic E-state index is 11.9. The van der Waals surface area contributed by atoms with Gasteiger partial charge in [0.25, 0.3) is 0 Å². The maximum atomic E-state index is 11.9. The average Bonchev–Trinajstić information content (AvgIpc) is 2.95. The minimum atomic E-state index is -0.530. The molecule has 2 N–H and O–H groups in total. The van der Waals surface area contributed by atoms with E-state index in [-0.39, 0.29) is 5.91 Å². The van der Waals surface area contributed by atoms with Gasteiger partial charge in [-0.25, -0.2) is 4.79 Å². The SMILES string of the molecule is CNC(=O)NC(=O)[C@H](C)Sc1nncn1-c1ccccc1C. The van der Waals surface area contributed by atoms with Crippen molar-refractivity contribution in [1.29, 1.82) is 0 Å². The van der Waals surface area contributed by atoms with E-state index in [9.17, 15) is 9.59 Å². The van der Waals surface area contributed by atoms with Gasteiger partial charge in [0, 0.05) is 7.05 Å². The van der Waals surface area contributed by atoms with E-state index < -0.39 is 11.3 Å². The zero-order valence-electron chi connectivity index (χ0n) is 12.5. The van der Waals surface area contributed by atoms with Crippen LogP contribution in [0.1, 0.15) is 12.5 Å². The summed E-state index contributed by atoms with van der Waals surface area (Å²) in [5.41, 5.74) is 2.03. The third-order valence-corrected chi connectivity index (χ3v) is 4.06. The molecule has 0 spiro atoms. The van der Waals surface area contributed by atoms with Crippen molar-refractivity contribution in [3.05, 3.63) is 36.2 Å². The fourth-order valence-electron chi connectivity index (χ4n) is 1.79. The van der Waals surface area contributed by atoms with E-state index in [4.69, 9.17) is 0 Å². The molecule has 0 fully saturated rings. The van der Waals surface area contributed by atoms with Crippen LogP contribution in [0.25, 0.3) is 5.69 Å². The number of rotatable bonds is 4. The molecule has 0 bridgehead atoms. The van der Waals surface area contributed by atoms with Crippen LogP contribution in [0.3, 0.4) is 0 Å². The van der Waals surface area contributed by atoms with Gasteiger partial charge in [-0.05, 0) is 25.5 Å². The molecule has 0 saturated carbocycles. The lowest BCUT2D eigenvalue weighted by Gasteiger charge is -2.12. The van der Waals surface area contributed by atoms with E-state index in [2.05, 4.69) is 20.8 Å². The van der Waals surface area contributed by atoms with Gasteiger partial charge in [0.1, 0.15) is 6.33 Å². The first kappa shape index (κ1) is 16.0. The summed E-state index contributed by atoms with van der Waals surface area (Å²) in [7, 11) is 1.45. The molecule has 3 amide bonds. The molecule has 1 aromatic carbocycles. The van der Waals surface area contributed by atoms with E-state index in [1.807, 2.05) is 35.8 Å². The van der Waals surface area contributed by atoms with Crippen molar-refractivity contribution in [2.75, 3.05) is 7.05 Å². The molecule has 0 aliphatic rings. The Hall–Kier alpha value is -2.35. The highest BCUT2D eigenvalue weighted by Crippen LogP contribution is 2.25. The van der Waals surface area contributed by atoms with Gasteiger partial charge in [-0.3, -0.25) is 14.7 Å². The van der Waals surface area contributed by atoms with Crippen LogP contribution in [0.15, 0.2) is 35.7 Å². The van der Waals surface area contributed by atoms with Crippen molar-refractivity contribution >= 4 is 23.7 Å². The number of amides is 3. The summed E-state index contributed by atoms with van der Waals surface area (Å²) in [5.74, 6) is -0.385. The number of hydrogen-bond acceptors (Lipinski definition) is 5. The van der Waals surface area contributed by atoms with Crippen molar-refractivity contribution in [2.24, 2.45) is 0 Å². The highest BCUT2D eigenvalue weighted by atomic mass is 32.2. The van der Waals surface area contributed by atoms with Gasteiger partial charge in [-0.1, -0.05) is 30.0 Å². The van der Waals surface area contributed by atoms with Crippen molar-refractivity contribution in [2.45, 2.75) is 24.3 Å². The number of nitrogens with one attached hydrogen (secondary N) is 2. The number of thioether (sulfide) groups is 1. The summed E-state index contributed by atoms with van der Waals surface area (Å²) in [6, 6.07) is 7.30.